The van der Waals surface area contributed by atoms with Gasteiger partial charge in [-0.2, -0.15) is 5.10 Å². The van der Waals surface area contributed by atoms with E-state index in [1.807, 2.05) is 9.58 Å². The van der Waals surface area contributed by atoms with Crippen LogP contribution in [0.25, 0.3) is 0 Å². The molecule has 8 nitrogen and oxygen atoms in total. The highest BCUT2D eigenvalue weighted by Gasteiger charge is 2.37. The van der Waals surface area contributed by atoms with Gasteiger partial charge in [0.2, 0.25) is 5.91 Å². The maximum absolute atomic E-state index is 12.5. The summed E-state index contributed by atoms with van der Waals surface area (Å²) in [6.07, 6.45) is 6.35. The standard InChI is InChI=1S/C14H17ClN6O2/c15-10-5-17-20(7-10)4-2-14(22)19-3-1-13-12(8-19)21-11(9-23-13)6-16-18-21/h5-7,12-13H,1-4,8-9H2/t12-,13+/m1/s1. The van der Waals surface area contributed by atoms with Gasteiger partial charge in [-0.25, -0.2) is 4.68 Å². The number of piperidine rings is 1. The Morgan fingerprint density at radius 1 is 1.43 bits per heavy atom. The minimum Gasteiger partial charge on any atom is -0.370 e. The fourth-order valence-electron chi connectivity index (χ4n) is 3.23. The molecule has 2 aliphatic heterocycles. The Morgan fingerprint density at radius 2 is 2.35 bits per heavy atom. The molecule has 0 aromatic carbocycles. The maximum atomic E-state index is 12.5. The quantitative estimate of drug-likeness (QED) is 0.832. The summed E-state index contributed by atoms with van der Waals surface area (Å²) in [5.41, 5.74) is 0.965. The zero-order chi connectivity index (χ0) is 15.8. The van der Waals surface area contributed by atoms with Crippen LogP contribution in [-0.4, -0.2) is 54.8 Å². The Hall–Kier alpha value is -1.93. The van der Waals surface area contributed by atoms with Gasteiger partial charge in [-0.1, -0.05) is 16.8 Å². The van der Waals surface area contributed by atoms with Crippen LogP contribution in [-0.2, 0) is 22.7 Å². The molecule has 0 bridgehead atoms. The van der Waals surface area contributed by atoms with Gasteiger partial charge in [-0.05, 0) is 6.42 Å². The van der Waals surface area contributed by atoms with Gasteiger partial charge >= 0.3 is 0 Å². The number of hydrogen-bond acceptors (Lipinski definition) is 5. The van der Waals surface area contributed by atoms with Crippen LogP contribution in [0.5, 0.6) is 0 Å². The van der Waals surface area contributed by atoms with E-state index in [0.717, 1.165) is 12.1 Å². The minimum atomic E-state index is 0.0538. The minimum absolute atomic E-state index is 0.0538. The molecule has 0 unspecified atom stereocenters. The lowest BCUT2D eigenvalue weighted by Crippen LogP contribution is -2.50. The number of aromatic nitrogens is 5. The highest BCUT2D eigenvalue weighted by molar-refractivity contribution is 6.30. The fourth-order valence-corrected chi connectivity index (χ4v) is 3.39. The average Bonchev–Trinajstić information content (AvgIpc) is 3.20. The second kappa shape index (κ2) is 5.93. The monoisotopic (exact) mass is 336 g/mol. The smallest absolute Gasteiger partial charge is 0.224 e. The second-order valence-electron chi connectivity index (χ2n) is 5.89. The number of halogens is 1. The molecule has 0 saturated carbocycles. The van der Waals surface area contributed by atoms with E-state index >= 15 is 0 Å². The summed E-state index contributed by atoms with van der Waals surface area (Å²) in [5, 5.41) is 12.8. The molecule has 2 aliphatic rings. The van der Waals surface area contributed by atoms with Crippen molar-refractivity contribution in [2.75, 3.05) is 13.1 Å². The highest BCUT2D eigenvalue weighted by atomic mass is 35.5. The number of rotatable bonds is 3. The van der Waals surface area contributed by atoms with Gasteiger partial charge in [-0.3, -0.25) is 9.48 Å². The molecule has 1 saturated heterocycles. The van der Waals surface area contributed by atoms with E-state index in [2.05, 4.69) is 15.4 Å². The zero-order valence-electron chi connectivity index (χ0n) is 12.5. The van der Waals surface area contributed by atoms with Crippen molar-refractivity contribution in [3.05, 3.63) is 29.3 Å². The van der Waals surface area contributed by atoms with Gasteiger partial charge in [0.15, 0.2) is 0 Å². The Balaban J connectivity index is 1.40. The van der Waals surface area contributed by atoms with Crippen molar-refractivity contribution in [1.29, 1.82) is 0 Å². The van der Waals surface area contributed by atoms with E-state index in [0.29, 0.717) is 37.7 Å². The molecule has 0 N–H and O–H groups in total. The zero-order valence-corrected chi connectivity index (χ0v) is 13.3. The third-order valence-electron chi connectivity index (χ3n) is 4.44. The number of aryl methyl sites for hydroxylation is 1. The molecule has 122 valence electrons. The molecule has 0 aliphatic carbocycles. The van der Waals surface area contributed by atoms with Crippen molar-refractivity contribution in [3.8, 4) is 0 Å². The summed E-state index contributed by atoms with van der Waals surface area (Å²) in [6, 6.07) is 0.0538. The SMILES string of the molecule is O=C(CCn1cc(Cl)cn1)N1CC[C@@H]2OCc3cnnn3[C@@H]2C1. The molecule has 4 heterocycles. The van der Waals surface area contributed by atoms with Crippen molar-refractivity contribution in [2.24, 2.45) is 0 Å². The molecule has 0 radical (unpaired) electrons. The lowest BCUT2D eigenvalue weighted by Gasteiger charge is -2.41. The predicted molar refractivity (Wildman–Crippen MR) is 80.7 cm³/mol. The number of likely N-dealkylation sites (tertiary alicyclic amines) is 1. The van der Waals surface area contributed by atoms with Gasteiger partial charge < -0.3 is 9.64 Å². The Kier molecular flexibility index (Phi) is 3.78. The van der Waals surface area contributed by atoms with Crippen molar-refractivity contribution >= 4 is 17.5 Å². The summed E-state index contributed by atoms with van der Waals surface area (Å²) in [6.45, 7) is 2.40. The first kappa shape index (κ1) is 14.6. The molecule has 2 aromatic heterocycles. The van der Waals surface area contributed by atoms with Gasteiger partial charge in [0.05, 0.1) is 41.9 Å². The molecular formula is C14H17ClN6O2. The predicted octanol–water partition coefficient (Wildman–Crippen LogP) is 0.890. The van der Waals surface area contributed by atoms with E-state index in [1.165, 1.54) is 0 Å². The molecule has 9 heteroatoms. The number of hydrogen-bond donors (Lipinski definition) is 0. The Morgan fingerprint density at radius 3 is 3.17 bits per heavy atom. The van der Waals surface area contributed by atoms with Crippen LogP contribution in [0.3, 0.4) is 0 Å². The summed E-state index contributed by atoms with van der Waals surface area (Å²) in [7, 11) is 0. The van der Waals surface area contributed by atoms with E-state index < -0.39 is 0 Å². The maximum Gasteiger partial charge on any atom is 0.224 e. The van der Waals surface area contributed by atoms with Crippen LogP contribution >= 0.6 is 11.6 Å². The lowest BCUT2D eigenvalue weighted by atomic mass is 10.00. The molecule has 2 atom stereocenters. The molecule has 23 heavy (non-hydrogen) atoms. The van der Waals surface area contributed by atoms with E-state index in [4.69, 9.17) is 16.3 Å². The molecule has 4 rings (SSSR count). The topological polar surface area (TPSA) is 78.1 Å². The first-order valence-electron chi connectivity index (χ1n) is 7.67. The molecule has 1 fully saturated rings. The molecule has 1 amide bonds. The van der Waals surface area contributed by atoms with Crippen LogP contribution < -0.4 is 0 Å². The van der Waals surface area contributed by atoms with Crippen molar-refractivity contribution in [3.63, 3.8) is 0 Å². The number of ether oxygens (including phenoxy) is 1. The number of nitrogens with zero attached hydrogens (tertiary/aromatic N) is 6. The fraction of sp³-hybridized carbons (Fsp3) is 0.571. The van der Waals surface area contributed by atoms with E-state index in [1.54, 1.807) is 23.3 Å². The summed E-state index contributed by atoms with van der Waals surface area (Å²) >= 11 is 5.83. The van der Waals surface area contributed by atoms with Gasteiger partial charge in [0, 0.05) is 32.3 Å². The van der Waals surface area contributed by atoms with Crippen LogP contribution in [0.2, 0.25) is 5.02 Å². The van der Waals surface area contributed by atoms with Gasteiger partial charge in [0.25, 0.3) is 0 Å². The summed E-state index contributed by atoms with van der Waals surface area (Å²) < 4.78 is 9.45. The Bertz CT molecular complexity index is 714. The first-order chi connectivity index (χ1) is 11.2. The van der Waals surface area contributed by atoms with Crippen molar-refractivity contribution in [1.82, 2.24) is 29.7 Å². The van der Waals surface area contributed by atoms with Gasteiger partial charge in [-0.15, -0.1) is 5.10 Å². The first-order valence-corrected chi connectivity index (χ1v) is 8.05. The highest BCUT2D eigenvalue weighted by Crippen LogP contribution is 2.30. The van der Waals surface area contributed by atoms with Crippen LogP contribution in [0, 0.1) is 0 Å². The molecule has 2 aromatic rings. The summed E-state index contributed by atoms with van der Waals surface area (Å²) in [4.78, 5) is 14.4. The third-order valence-corrected chi connectivity index (χ3v) is 4.63. The second-order valence-corrected chi connectivity index (χ2v) is 6.32. The Labute approximate surface area is 138 Å². The van der Waals surface area contributed by atoms with Crippen LogP contribution in [0.15, 0.2) is 18.6 Å². The van der Waals surface area contributed by atoms with Crippen molar-refractivity contribution < 1.29 is 9.53 Å². The number of carbonyl (C=O) groups is 1. The van der Waals surface area contributed by atoms with E-state index in [-0.39, 0.29) is 18.1 Å². The summed E-state index contributed by atoms with van der Waals surface area (Å²) in [5.74, 6) is 0.113. The average molecular weight is 337 g/mol. The number of carbonyl (C=O) groups excluding carboxylic acids is 1. The largest absolute Gasteiger partial charge is 0.370 e. The molecular weight excluding hydrogens is 320 g/mol. The number of amides is 1. The third kappa shape index (κ3) is 2.84. The number of fused-ring (bicyclic) bond motifs is 3. The van der Waals surface area contributed by atoms with Crippen LogP contribution in [0.4, 0.5) is 0 Å². The van der Waals surface area contributed by atoms with E-state index in [9.17, 15) is 4.79 Å². The van der Waals surface area contributed by atoms with Crippen molar-refractivity contribution in [2.45, 2.75) is 38.1 Å². The van der Waals surface area contributed by atoms with Gasteiger partial charge in [0.1, 0.15) is 0 Å². The molecule has 0 spiro atoms. The lowest BCUT2D eigenvalue weighted by molar-refractivity contribution is -0.138. The van der Waals surface area contributed by atoms with Crippen LogP contribution in [0.1, 0.15) is 24.6 Å². The normalized spacial score (nSPS) is 23.4.